The number of benzene rings is 1. The minimum atomic E-state index is -0.254. The van der Waals surface area contributed by atoms with Crippen LogP contribution in [0.5, 0.6) is 11.5 Å². The van der Waals surface area contributed by atoms with Gasteiger partial charge >= 0.3 is 0 Å². The monoisotopic (exact) mass is 196 g/mol. The van der Waals surface area contributed by atoms with Crippen molar-refractivity contribution in [1.82, 2.24) is 0 Å². The van der Waals surface area contributed by atoms with Crippen LogP contribution in [0.25, 0.3) is 0 Å². The summed E-state index contributed by atoms with van der Waals surface area (Å²) in [6.45, 7) is 2.06. The third-order valence-electron chi connectivity index (χ3n) is 1.95. The second kappa shape index (κ2) is 2.96. The Labute approximate surface area is 81.1 Å². The molecule has 1 aliphatic rings. The Morgan fingerprint density at radius 3 is 2.62 bits per heavy atom. The van der Waals surface area contributed by atoms with E-state index in [1.54, 1.807) is 12.1 Å². The second-order valence-corrected chi connectivity index (χ2v) is 3.23. The topological polar surface area (TPSA) is 35.5 Å². The smallest absolute Gasteiger partial charge is 0.231 e. The van der Waals surface area contributed by atoms with Gasteiger partial charge in [-0.05, 0) is 24.6 Å². The van der Waals surface area contributed by atoms with Crippen LogP contribution < -0.4 is 9.47 Å². The third kappa shape index (κ3) is 1.37. The summed E-state index contributed by atoms with van der Waals surface area (Å²) in [6, 6.07) is 3.44. The van der Waals surface area contributed by atoms with Crippen molar-refractivity contribution in [3.8, 4) is 11.5 Å². The highest BCUT2D eigenvalue weighted by atomic mass is 32.1. The molecule has 0 spiro atoms. The SMILES string of the molecule is Cc1cc2c(cc1C(=O)S)OCO2. The molecular weight excluding hydrogens is 188 g/mol. The zero-order chi connectivity index (χ0) is 9.42. The molecule has 4 heteroatoms. The number of carbonyl (C=O) groups is 1. The van der Waals surface area contributed by atoms with E-state index in [0.717, 1.165) is 5.56 Å². The summed E-state index contributed by atoms with van der Waals surface area (Å²) in [6.07, 6.45) is 0. The highest BCUT2D eigenvalue weighted by Crippen LogP contribution is 2.34. The Bertz CT molecular complexity index is 373. The minimum absolute atomic E-state index is 0.221. The van der Waals surface area contributed by atoms with E-state index in [1.807, 2.05) is 6.92 Å². The van der Waals surface area contributed by atoms with Gasteiger partial charge in [0.2, 0.25) is 11.9 Å². The maximum atomic E-state index is 11.0. The van der Waals surface area contributed by atoms with E-state index in [1.165, 1.54) is 0 Å². The van der Waals surface area contributed by atoms with E-state index in [0.29, 0.717) is 17.1 Å². The Kier molecular flexibility index (Phi) is 1.92. The molecular formula is C9H8O3S. The molecule has 0 saturated carbocycles. The van der Waals surface area contributed by atoms with E-state index in [4.69, 9.17) is 9.47 Å². The molecule has 68 valence electrons. The molecule has 0 radical (unpaired) electrons. The average molecular weight is 196 g/mol. The molecule has 0 atom stereocenters. The fraction of sp³-hybridized carbons (Fsp3) is 0.222. The first-order valence-corrected chi connectivity index (χ1v) is 4.27. The van der Waals surface area contributed by atoms with Crippen LogP contribution in [0.4, 0.5) is 0 Å². The molecule has 0 amide bonds. The summed E-state index contributed by atoms with van der Waals surface area (Å²) < 4.78 is 10.3. The van der Waals surface area contributed by atoms with Crippen LogP contribution in [0.15, 0.2) is 12.1 Å². The van der Waals surface area contributed by atoms with Crippen molar-refractivity contribution in [2.24, 2.45) is 0 Å². The maximum Gasteiger partial charge on any atom is 0.231 e. The Morgan fingerprint density at radius 2 is 2.00 bits per heavy atom. The summed E-state index contributed by atoms with van der Waals surface area (Å²) in [7, 11) is 0. The Morgan fingerprint density at radius 1 is 1.38 bits per heavy atom. The van der Waals surface area contributed by atoms with Crippen molar-refractivity contribution in [2.75, 3.05) is 6.79 Å². The van der Waals surface area contributed by atoms with Gasteiger partial charge in [-0.3, -0.25) is 4.79 Å². The summed E-state index contributed by atoms with van der Waals surface area (Å²) in [4.78, 5) is 11.0. The zero-order valence-corrected chi connectivity index (χ0v) is 7.93. The standard InChI is InChI=1S/C9H8O3S/c1-5-2-7-8(12-4-11-7)3-6(5)9(10)13/h2-3H,4H2,1H3,(H,10,13). The molecule has 0 N–H and O–H groups in total. The number of carbonyl (C=O) groups excluding carboxylic acids is 1. The van der Waals surface area contributed by atoms with Crippen LogP contribution in [-0.2, 0) is 0 Å². The lowest BCUT2D eigenvalue weighted by molar-refractivity contribution is 0.109. The van der Waals surface area contributed by atoms with Crippen LogP contribution in [-0.4, -0.2) is 11.9 Å². The number of ether oxygens (including phenoxy) is 2. The second-order valence-electron chi connectivity index (χ2n) is 2.83. The summed E-state index contributed by atoms with van der Waals surface area (Å²) in [5.74, 6) is 1.30. The lowest BCUT2D eigenvalue weighted by Gasteiger charge is -2.02. The van der Waals surface area contributed by atoms with E-state index >= 15 is 0 Å². The molecule has 0 unspecified atom stereocenters. The van der Waals surface area contributed by atoms with Crippen LogP contribution in [0.2, 0.25) is 0 Å². The molecule has 0 bridgehead atoms. The molecule has 0 aliphatic carbocycles. The van der Waals surface area contributed by atoms with Crippen molar-refractivity contribution in [1.29, 1.82) is 0 Å². The molecule has 13 heavy (non-hydrogen) atoms. The van der Waals surface area contributed by atoms with Gasteiger partial charge in [-0.1, -0.05) is 0 Å². The van der Waals surface area contributed by atoms with Gasteiger partial charge in [0.15, 0.2) is 11.5 Å². The summed E-state index contributed by atoms with van der Waals surface area (Å²) >= 11 is 3.76. The third-order valence-corrected chi connectivity index (χ3v) is 2.19. The van der Waals surface area contributed by atoms with Crippen LogP contribution in [0.3, 0.4) is 0 Å². The maximum absolute atomic E-state index is 11.0. The number of hydrogen-bond donors (Lipinski definition) is 1. The average Bonchev–Trinajstić information content (AvgIpc) is 2.48. The van der Waals surface area contributed by atoms with Crippen LogP contribution in [0, 0.1) is 6.92 Å². The van der Waals surface area contributed by atoms with Gasteiger partial charge in [-0.15, -0.1) is 12.6 Å². The van der Waals surface area contributed by atoms with Gasteiger partial charge in [0.05, 0.1) is 0 Å². The van der Waals surface area contributed by atoms with Crippen molar-refractivity contribution in [3.05, 3.63) is 23.3 Å². The lowest BCUT2D eigenvalue weighted by atomic mass is 10.1. The quantitative estimate of drug-likeness (QED) is 0.695. The van der Waals surface area contributed by atoms with Gasteiger partial charge in [0.25, 0.3) is 0 Å². The van der Waals surface area contributed by atoms with E-state index in [-0.39, 0.29) is 11.9 Å². The van der Waals surface area contributed by atoms with E-state index < -0.39 is 0 Å². The van der Waals surface area contributed by atoms with Gasteiger partial charge in [0.1, 0.15) is 0 Å². The predicted octanol–water partition coefficient (Wildman–Crippen LogP) is 1.79. The van der Waals surface area contributed by atoms with E-state index in [2.05, 4.69) is 12.6 Å². The number of hydrogen-bond acceptors (Lipinski definition) is 3. The molecule has 1 heterocycles. The van der Waals surface area contributed by atoms with Crippen molar-refractivity contribution >= 4 is 17.7 Å². The zero-order valence-electron chi connectivity index (χ0n) is 7.03. The first-order chi connectivity index (χ1) is 6.18. The fourth-order valence-corrected chi connectivity index (χ4v) is 1.51. The Balaban J connectivity index is 2.55. The summed E-state index contributed by atoms with van der Waals surface area (Å²) in [5, 5.41) is -0.254. The normalized spacial score (nSPS) is 13.1. The minimum Gasteiger partial charge on any atom is -0.454 e. The molecule has 2 rings (SSSR count). The first kappa shape index (κ1) is 8.44. The molecule has 3 nitrogen and oxygen atoms in total. The summed E-state index contributed by atoms with van der Waals surface area (Å²) in [5.41, 5.74) is 1.41. The molecule has 0 saturated heterocycles. The molecule has 1 aromatic rings. The lowest BCUT2D eigenvalue weighted by Crippen LogP contribution is -1.93. The highest BCUT2D eigenvalue weighted by molar-refractivity contribution is 7.97. The van der Waals surface area contributed by atoms with Crippen molar-refractivity contribution in [3.63, 3.8) is 0 Å². The van der Waals surface area contributed by atoms with Gasteiger partial charge in [-0.25, -0.2) is 0 Å². The fourth-order valence-electron chi connectivity index (χ4n) is 1.27. The predicted molar refractivity (Wildman–Crippen MR) is 50.6 cm³/mol. The molecule has 0 fully saturated rings. The van der Waals surface area contributed by atoms with E-state index in [9.17, 15) is 4.79 Å². The van der Waals surface area contributed by atoms with Gasteiger partial charge in [0, 0.05) is 5.56 Å². The first-order valence-electron chi connectivity index (χ1n) is 3.82. The van der Waals surface area contributed by atoms with Crippen molar-refractivity contribution < 1.29 is 14.3 Å². The molecule has 0 aromatic heterocycles. The van der Waals surface area contributed by atoms with Gasteiger partial charge < -0.3 is 9.47 Å². The largest absolute Gasteiger partial charge is 0.454 e. The number of rotatable bonds is 1. The highest BCUT2D eigenvalue weighted by Gasteiger charge is 2.17. The molecule has 1 aliphatic heterocycles. The van der Waals surface area contributed by atoms with Crippen LogP contribution in [0.1, 0.15) is 15.9 Å². The van der Waals surface area contributed by atoms with Crippen molar-refractivity contribution in [2.45, 2.75) is 6.92 Å². The Hall–Kier alpha value is -1.16. The number of fused-ring (bicyclic) bond motifs is 1. The molecule has 1 aromatic carbocycles. The van der Waals surface area contributed by atoms with Crippen LogP contribution >= 0.6 is 12.6 Å². The number of thiol groups is 1. The number of aryl methyl sites for hydroxylation is 1. The van der Waals surface area contributed by atoms with Gasteiger partial charge in [-0.2, -0.15) is 0 Å².